The molecule has 2 aromatic rings. The molecule has 0 radical (unpaired) electrons. The number of anilines is 1. The third-order valence-corrected chi connectivity index (χ3v) is 6.22. The number of ketones is 1. The lowest BCUT2D eigenvalue weighted by Gasteiger charge is -2.28. The van der Waals surface area contributed by atoms with Gasteiger partial charge >= 0.3 is 0 Å². The number of aromatic nitrogens is 1. The maximum Gasteiger partial charge on any atom is 0.225 e. The quantitative estimate of drug-likeness (QED) is 0.494. The number of halogens is 1. The van der Waals surface area contributed by atoms with Gasteiger partial charge in [-0.1, -0.05) is 47.6 Å². The predicted molar refractivity (Wildman–Crippen MR) is 145 cm³/mol. The summed E-state index contributed by atoms with van der Waals surface area (Å²) in [6.07, 6.45) is 0. The van der Waals surface area contributed by atoms with Crippen LogP contribution in [0.3, 0.4) is 0 Å². The minimum atomic E-state index is -0.334. The molecule has 8 heteroatoms. The Morgan fingerprint density at radius 2 is 1.63 bits per heavy atom. The minimum absolute atomic E-state index is 0. The Bertz CT molecular complexity index is 1130. The van der Waals surface area contributed by atoms with Crippen molar-refractivity contribution >= 4 is 40.3 Å². The molecule has 0 fully saturated rings. The van der Waals surface area contributed by atoms with E-state index in [1.165, 1.54) is 6.92 Å². The molecular formula is C27H37BrN4O3. The van der Waals surface area contributed by atoms with E-state index in [1.54, 1.807) is 28.0 Å². The summed E-state index contributed by atoms with van der Waals surface area (Å²) in [7, 11) is 0. The number of rotatable bonds is 5. The number of benzene rings is 1. The summed E-state index contributed by atoms with van der Waals surface area (Å²) in [6, 6.07) is 7.22. The van der Waals surface area contributed by atoms with Gasteiger partial charge in [0.2, 0.25) is 5.91 Å². The number of nitrogens with one attached hydrogen (secondary N) is 1. The number of phenolic OH excluding ortho intramolecular Hbond substituents is 1. The second kappa shape index (κ2) is 10.1. The number of phenols is 1. The van der Waals surface area contributed by atoms with E-state index in [0.717, 1.165) is 16.7 Å². The first-order valence-electron chi connectivity index (χ1n) is 11.7. The number of Topliss-reactive ketones (excluding diaryl/α,β-unsaturated/α-hetero) is 1. The van der Waals surface area contributed by atoms with Gasteiger partial charge in [-0.3, -0.25) is 19.9 Å². The third-order valence-electron chi connectivity index (χ3n) is 6.22. The van der Waals surface area contributed by atoms with Crippen molar-refractivity contribution in [3.8, 4) is 5.75 Å². The Morgan fingerprint density at radius 3 is 2.09 bits per heavy atom. The van der Waals surface area contributed by atoms with E-state index in [9.17, 15) is 14.7 Å². The van der Waals surface area contributed by atoms with E-state index < -0.39 is 0 Å². The largest absolute Gasteiger partial charge is 0.507 e. The van der Waals surface area contributed by atoms with Gasteiger partial charge in [0.25, 0.3) is 0 Å². The van der Waals surface area contributed by atoms with Gasteiger partial charge in [0.1, 0.15) is 23.1 Å². The molecule has 1 aliphatic rings. The number of nitrogens with zero attached hydrogens (tertiary/aromatic N) is 3. The number of hydrogen-bond acceptors (Lipinski definition) is 5. The number of fused-ring (bicyclic) bond motifs is 1. The molecule has 2 N–H and O–H groups in total. The van der Waals surface area contributed by atoms with Gasteiger partial charge in [0.05, 0.1) is 6.54 Å². The molecule has 0 atom stereocenters. The van der Waals surface area contributed by atoms with Gasteiger partial charge in [-0.25, -0.2) is 4.98 Å². The van der Waals surface area contributed by atoms with Gasteiger partial charge in [0, 0.05) is 42.3 Å². The highest BCUT2D eigenvalue weighted by Gasteiger charge is 2.31. The van der Waals surface area contributed by atoms with Crippen LogP contribution in [0.15, 0.2) is 24.3 Å². The summed E-state index contributed by atoms with van der Waals surface area (Å²) in [5.41, 5.74) is 2.69. The second-order valence-electron chi connectivity index (χ2n) is 11.0. The molecule has 1 aliphatic heterocycles. The second-order valence-corrected chi connectivity index (χ2v) is 11.0. The van der Waals surface area contributed by atoms with Crippen molar-refractivity contribution < 1.29 is 14.7 Å². The fourth-order valence-electron chi connectivity index (χ4n) is 4.28. The molecule has 2 heterocycles. The van der Waals surface area contributed by atoms with E-state index >= 15 is 0 Å². The van der Waals surface area contributed by atoms with Crippen molar-refractivity contribution in [1.82, 2.24) is 9.88 Å². The van der Waals surface area contributed by atoms with Crippen molar-refractivity contribution in [2.24, 2.45) is 0 Å². The van der Waals surface area contributed by atoms with Crippen LogP contribution in [-0.2, 0) is 22.2 Å². The zero-order valence-corrected chi connectivity index (χ0v) is 23.7. The highest BCUT2D eigenvalue weighted by Crippen LogP contribution is 2.40. The van der Waals surface area contributed by atoms with Crippen LogP contribution >= 0.6 is 17.0 Å². The zero-order chi connectivity index (χ0) is 25.6. The molecule has 0 unspecified atom stereocenters. The van der Waals surface area contributed by atoms with Crippen LogP contribution in [0.25, 0.3) is 0 Å². The SMILES string of the molecule is Br.CCN(C(C)=O)c1ccc2c(n1)C(=N)N(CC(=O)c1cc(C(C)(C)C)c(O)c(C(C)(C)C)c1)C2. The Morgan fingerprint density at radius 1 is 1.09 bits per heavy atom. The first-order chi connectivity index (χ1) is 15.6. The van der Waals surface area contributed by atoms with E-state index in [4.69, 9.17) is 5.41 Å². The van der Waals surface area contributed by atoms with Crippen molar-refractivity contribution in [3.05, 3.63) is 52.2 Å². The first kappa shape index (κ1) is 28.5. The van der Waals surface area contributed by atoms with Crippen LogP contribution < -0.4 is 4.90 Å². The fourth-order valence-corrected chi connectivity index (χ4v) is 4.28. The lowest BCUT2D eigenvalue weighted by molar-refractivity contribution is -0.116. The molecule has 3 rings (SSSR count). The summed E-state index contributed by atoms with van der Waals surface area (Å²) >= 11 is 0. The number of pyridine rings is 1. The summed E-state index contributed by atoms with van der Waals surface area (Å²) in [4.78, 5) is 33.1. The predicted octanol–water partition coefficient (Wildman–Crippen LogP) is 5.36. The Kier molecular flexibility index (Phi) is 8.22. The van der Waals surface area contributed by atoms with Crippen molar-refractivity contribution in [2.45, 2.75) is 72.8 Å². The Balaban J connectivity index is 0.00000432. The van der Waals surface area contributed by atoms with Crippen molar-refractivity contribution in [3.63, 3.8) is 0 Å². The molecule has 0 aliphatic carbocycles. The molecule has 0 saturated carbocycles. The maximum absolute atomic E-state index is 13.4. The lowest BCUT2D eigenvalue weighted by Crippen LogP contribution is -2.31. The first-order valence-corrected chi connectivity index (χ1v) is 11.7. The number of amides is 1. The van der Waals surface area contributed by atoms with Gasteiger partial charge in [-0.05, 0) is 36.0 Å². The molecule has 1 aromatic carbocycles. The van der Waals surface area contributed by atoms with E-state index in [1.807, 2.05) is 54.5 Å². The van der Waals surface area contributed by atoms with E-state index in [0.29, 0.717) is 30.2 Å². The van der Waals surface area contributed by atoms with Gasteiger partial charge in [0.15, 0.2) is 5.78 Å². The van der Waals surface area contributed by atoms with Gasteiger partial charge in [-0.15, -0.1) is 17.0 Å². The van der Waals surface area contributed by atoms with Crippen LogP contribution in [0.4, 0.5) is 5.82 Å². The minimum Gasteiger partial charge on any atom is -0.507 e. The molecule has 1 aromatic heterocycles. The molecule has 190 valence electrons. The van der Waals surface area contributed by atoms with Gasteiger partial charge in [-0.2, -0.15) is 0 Å². The summed E-state index contributed by atoms with van der Waals surface area (Å²) in [5.74, 6) is 0.696. The molecule has 0 saturated heterocycles. The number of aromatic hydroxyl groups is 1. The molecule has 1 amide bonds. The molecular weight excluding hydrogens is 508 g/mol. The monoisotopic (exact) mass is 544 g/mol. The average Bonchev–Trinajstić information content (AvgIpc) is 3.01. The maximum atomic E-state index is 13.4. The molecule has 0 spiro atoms. The van der Waals surface area contributed by atoms with Crippen LogP contribution in [0, 0.1) is 5.41 Å². The average molecular weight is 546 g/mol. The highest BCUT2D eigenvalue weighted by atomic mass is 79.9. The van der Waals surface area contributed by atoms with Crippen LogP contribution in [0.5, 0.6) is 5.75 Å². The number of carbonyl (C=O) groups excluding carboxylic acids is 2. The number of amidine groups is 1. The van der Waals surface area contributed by atoms with Crippen molar-refractivity contribution in [2.75, 3.05) is 18.0 Å². The smallest absolute Gasteiger partial charge is 0.225 e. The normalized spacial score (nSPS) is 13.4. The van der Waals surface area contributed by atoms with Crippen LogP contribution in [0.1, 0.15) is 88.1 Å². The van der Waals surface area contributed by atoms with E-state index in [2.05, 4.69) is 4.98 Å². The summed E-state index contributed by atoms with van der Waals surface area (Å²) in [6.45, 7) is 16.4. The van der Waals surface area contributed by atoms with Crippen LogP contribution in [-0.4, -0.2) is 45.6 Å². The highest BCUT2D eigenvalue weighted by molar-refractivity contribution is 8.93. The zero-order valence-electron chi connectivity index (χ0n) is 21.9. The Hall–Kier alpha value is -2.74. The summed E-state index contributed by atoms with van der Waals surface area (Å²) in [5, 5.41) is 19.6. The van der Waals surface area contributed by atoms with Crippen LogP contribution in [0.2, 0.25) is 0 Å². The van der Waals surface area contributed by atoms with Crippen molar-refractivity contribution in [1.29, 1.82) is 5.41 Å². The topological polar surface area (TPSA) is 97.6 Å². The third kappa shape index (κ3) is 5.74. The number of hydrogen-bond donors (Lipinski definition) is 2. The summed E-state index contributed by atoms with van der Waals surface area (Å²) < 4.78 is 0. The molecule has 0 bridgehead atoms. The molecule has 7 nitrogen and oxygen atoms in total. The standard InChI is InChI=1S/C27H36N4O3.BrH/c1-9-31(16(2)32)22-11-10-17-14-30(25(28)23(17)29-22)15-21(33)18-12-19(26(3,4)5)24(34)20(13-18)27(6,7)8;/h10-13,28,34H,9,14-15H2,1-8H3;1H. The van der Waals surface area contributed by atoms with E-state index in [-0.39, 0.29) is 57.6 Å². The Labute approximate surface area is 218 Å². The molecule has 35 heavy (non-hydrogen) atoms. The lowest BCUT2D eigenvalue weighted by atomic mass is 9.78. The number of carbonyl (C=O) groups is 2. The fraction of sp³-hybridized carbons (Fsp3) is 0.481. The van der Waals surface area contributed by atoms with Gasteiger partial charge < -0.3 is 10.0 Å².